The maximum atomic E-state index is 12.6. The molecule has 0 unspecified atom stereocenters. The van der Waals surface area contributed by atoms with E-state index in [4.69, 9.17) is 4.74 Å². The molecule has 1 heterocycles. The van der Waals surface area contributed by atoms with Crippen LogP contribution in [0.5, 0.6) is 0 Å². The number of rotatable bonds is 9. The average Bonchev–Trinajstić information content (AvgIpc) is 2.89. The Morgan fingerprint density at radius 1 is 1.17 bits per heavy atom. The first-order valence-electron chi connectivity index (χ1n) is 10.2. The van der Waals surface area contributed by atoms with Crippen LogP contribution in [0.2, 0.25) is 0 Å². The molecule has 0 aliphatic carbocycles. The smallest absolute Gasteiger partial charge is 0.327 e. The third-order valence-corrected chi connectivity index (χ3v) is 5.12. The maximum Gasteiger partial charge on any atom is 0.327 e. The summed E-state index contributed by atoms with van der Waals surface area (Å²) in [4.78, 5) is 50.1. The Morgan fingerprint density at radius 2 is 1.80 bits per heavy atom. The third-order valence-electron chi connectivity index (χ3n) is 5.12. The molecule has 164 valence electrons. The molecule has 1 fully saturated rings. The number of carbonyl (C=O) groups is 4. The van der Waals surface area contributed by atoms with Gasteiger partial charge in [0, 0.05) is 6.54 Å². The first-order chi connectivity index (χ1) is 14.0. The van der Waals surface area contributed by atoms with Gasteiger partial charge in [-0.05, 0) is 45.1 Å². The lowest BCUT2D eigenvalue weighted by Crippen LogP contribution is -2.45. The molecule has 1 aliphatic heterocycles. The van der Waals surface area contributed by atoms with Crippen molar-refractivity contribution in [1.29, 1.82) is 0 Å². The topological polar surface area (TPSA) is 105 Å². The van der Waals surface area contributed by atoms with Gasteiger partial charge in [0.25, 0.3) is 11.8 Å². The Balaban J connectivity index is 1.85. The Kier molecular flexibility index (Phi) is 7.59. The molecular formula is C22H31N3O5. The number of nitrogens with zero attached hydrogens (tertiary/aromatic N) is 1. The van der Waals surface area contributed by atoms with Crippen molar-refractivity contribution >= 4 is 23.8 Å². The Labute approximate surface area is 177 Å². The van der Waals surface area contributed by atoms with Crippen molar-refractivity contribution in [3.63, 3.8) is 0 Å². The Hall–Kier alpha value is -2.90. The number of esters is 1. The van der Waals surface area contributed by atoms with Crippen molar-refractivity contribution in [3.05, 3.63) is 35.4 Å². The van der Waals surface area contributed by atoms with Gasteiger partial charge in [0.15, 0.2) is 6.10 Å². The van der Waals surface area contributed by atoms with E-state index in [1.54, 1.807) is 6.92 Å². The van der Waals surface area contributed by atoms with Crippen LogP contribution >= 0.6 is 0 Å². The number of aryl methyl sites for hydroxylation is 1. The zero-order chi connectivity index (χ0) is 22.5. The van der Waals surface area contributed by atoms with E-state index in [0.29, 0.717) is 18.9 Å². The molecule has 1 aliphatic rings. The van der Waals surface area contributed by atoms with E-state index in [0.717, 1.165) is 22.4 Å². The summed E-state index contributed by atoms with van der Waals surface area (Å²) in [5.41, 5.74) is 1.01. The van der Waals surface area contributed by atoms with Crippen molar-refractivity contribution in [2.75, 3.05) is 6.54 Å². The quantitative estimate of drug-likeness (QED) is 0.474. The van der Waals surface area contributed by atoms with Crippen molar-refractivity contribution < 1.29 is 23.9 Å². The fourth-order valence-electron chi connectivity index (χ4n) is 3.09. The van der Waals surface area contributed by atoms with Crippen molar-refractivity contribution in [2.45, 2.75) is 65.6 Å². The van der Waals surface area contributed by atoms with Gasteiger partial charge in [-0.1, -0.05) is 43.7 Å². The number of hydrogen-bond donors (Lipinski definition) is 2. The summed E-state index contributed by atoms with van der Waals surface area (Å²) in [7, 11) is 0. The molecule has 0 saturated carbocycles. The molecule has 0 spiro atoms. The summed E-state index contributed by atoms with van der Waals surface area (Å²) < 4.78 is 5.12. The van der Waals surface area contributed by atoms with E-state index in [2.05, 4.69) is 10.6 Å². The monoisotopic (exact) mass is 417 g/mol. The molecule has 0 aromatic heterocycles. The highest BCUT2D eigenvalue weighted by Gasteiger charge is 2.48. The molecule has 4 amide bonds. The molecule has 2 N–H and O–H groups in total. The lowest BCUT2D eigenvalue weighted by Gasteiger charge is -2.22. The molecular weight excluding hydrogens is 386 g/mol. The molecule has 8 heteroatoms. The van der Waals surface area contributed by atoms with Crippen LogP contribution in [0, 0.1) is 12.8 Å². The van der Waals surface area contributed by atoms with Crippen LogP contribution in [-0.2, 0) is 25.7 Å². The molecule has 30 heavy (non-hydrogen) atoms. The predicted molar refractivity (Wildman–Crippen MR) is 111 cm³/mol. The molecule has 2 atom stereocenters. The summed E-state index contributed by atoms with van der Waals surface area (Å²) in [5, 5.41) is 5.36. The van der Waals surface area contributed by atoms with Gasteiger partial charge in [0.1, 0.15) is 12.1 Å². The standard InChI is InChI=1S/C22H31N3O5/c1-14(2)10-11-22(5)20(28)25(21(29)24-22)13-18(26)30-16(4)19(27)23-12-17-8-6-15(3)7-9-17/h6-9,14,16H,10-13H2,1-5H3,(H,23,27)(H,24,29)/t16-,22-/m0/s1. The zero-order valence-electron chi connectivity index (χ0n) is 18.3. The summed E-state index contributed by atoms with van der Waals surface area (Å²) in [6.07, 6.45) is 0.202. The minimum Gasteiger partial charge on any atom is -0.451 e. The highest BCUT2D eigenvalue weighted by molar-refractivity contribution is 6.08. The van der Waals surface area contributed by atoms with E-state index < -0.39 is 42.0 Å². The normalized spacial score (nSPS) is 19.6. The maximum absolute atomic E-state index is 12.6. The fourth-order valence-corrected chi connectivity index (χ4v) is 3.09. The van der Waals surface area contributed by atoms with Crippen LogP contribution in [0.1, 0.15) is 51.7 Å². The number of urea groups is 1. The van der Waals surface area contributed by atoms with Gasteiger partial charge < -0.3 is 15.4 Å². The number of hydrogen-bond acceptors (Lipinski definition) is 5. The lowest BCUT2D eigenvalue weighted by atomic mass is 9.92. The molecule has 1 saturated heterocycles. The van der Waals surface area contributed by atoms with Crippen LogP contribution in [0.25, 0.3) is 0 Å². The zero-order valence-corrected chi connectivity index (χ0v) is 18.3. The number of imide groups is 1. The second-order valence-corrected chi connectivity index (χ2v) is 8.42. The largest absolute Gasteiger partial charge is 0.451 e. The van der Waals surface area contributed by atoms with Crippen molar-refractivity contribution in [2.24, 2.45) is 5.92 Å². The average molecular weight is 418 g/mol. The second-order valence-electron chi connectivity index (χ2n) is 8.42. The van der Waals surface area contributed by atoms with E-state index in [9.17, 15) is 19.2 Å². The van der Waals surface area contributed by atoms with Gasteiger partial charge in [-0.25, -0.2) is 4.79 Å². The first-order valence-corrected chi connectivity index (χ1v) is 10.2. The number of nitrogens with one attached hydrogen (secondary N) is 2. The minimum absolute atomic E-state index is 0.308. The summed E-state index contributed by atoms with van der Waals surface area (Å²) in [6, 6.07) is 7.07. The van der Waals surface area contributed by atoms with E-state index in [-0.39, 0.29) is 0 Å². The summed E-state index contributed by atoms with van der Waals surface area (Å²) >= 11 is 0. The fraction of sp³-hybridized carbons (Fsp3) is 0.545. The van der Waals surface area contributed by atoms with Crippen LogP contribution in [0.4, 0.5) is 4.79 Å². The first kappa shape index (κ1) is 23.4. The molecule has 8 nitrogen and oxygen atoms in total. The summed E-state index contributed by atoms with van der Waals surface area (Å²) in [6.45, 7) is 8.92. The summed E-state index contributed by atoms with van der Waals surface area (Å²) in [5.74, 6) is -1.35. The van der Waals surface area contributed by atoms with Crippen molar-refractivity contribution in [3.8, 4) is 0 Å². The second kappa shape index (κ2) is 9.73. The number of benzene rings is 1. The highest BCUT2D eigenvalue weighted by atomic mass is 16.5. The van der Waals surface area contributed by atoms with Crippen LogP contribution in [0.15, 0.2) is 24.3 Å². The Morgan fingerprint density at radius 3 is 2.40 bits per heavy atom. The third kappa shape index (κ3) is 6.05. The van der Waals surface area contributed by atoms with Crippen molar-refractivity contribution in [1.82, 2.24) is 15.5 Å². The molecule has 1 aromatic rings. The van der Waals surface area contributed by atoms with Gasteiger partial charge in [-0.15, -0.1) is 0 Å². The van der Waals surface area contributed by atoms with Crippen LogP contribution < -0.4 is 10.6 Å². The lowest BCUT2D eigenvalue weighted by molar-refractivity contribution is -0.156. The van der Waals surface area contributed by atoms with Gasteiger partial charge in [-0.3, -0.25) is 19.3 Å². The van der Waals surface area contributed by atoms with Gasteiger partial charge in [0.05, 0.1) is 0 Å². The molecule has 0 radical (unpaired) electrons. The van der Waals surface area contributed by atoms with Crippen LogP contribution in [-0.4, -0.2) is 46.9 Å². The molecule has 0 bridgehead atoms. The number of carbonyl (C=O) groups excluding carboxylic acids is 4. The number of ether oxygens (including phenoxy) is 1. The van der Waals surface area contributed by atoms with Gasteiger partial charge in [0.2, 0.25) is 0 Å². The van der Waals surface area contributed by atoms with E-state index >= 15 is 0 Å². The predicted octanol–water partition coefficient (Wildman–Crippen LogP) is 2.29. The Bertz CT molecular complexity index is 805. The van der Waals surface area contributed by atoms with Gasteiger partial charge >= 0.3 is 12.0 Å². The van der Waals surface area contributed by atoms with E-state index in [1.165, 1.54) is 6.92 Å². The molecule has 2 rings (SSSR count). The molecule has 1 aromatic carbocycles. The SMILES string of the molecule is Cc1ccc(CNC(=O)[C@H](C)OC(=O)CN2C(=O)N[C@@](C)(CCC(C)C)C2=O)cc1. The van der Waals surface area contributed by atoms with Gasteiger partial charge in [-0.2, -0.15) is 0 Å². The number of amides is 4. The highest BCUT2D eigenvalue weighted by Crippen LogP contribution is 2.24. The minimum atomic E-state index is -1.05. The van der Waals surface area contributed by atoms with E-state index in [1.807, 2.05) is 45.0 Å². The van der Waals surface area contributed by atoms with Crippen LogP contribution in [0.3, 0.4) is 0 Å².